The molecule has 324 valence electrons. The van der Waals surface area contributed by atoms with Crippen molar-refractivity contribution in [3.63, 3.8) is 0 Å². The van der Waals surface area contributed by atoms with E-state index < -0.39 is 12.2 Å². The van der Waals surface area contributed by atoms with Gasteiger partial charge in [0.15, 0.2) is 11.6 Å². The lowest BCUT2D eigenvalue weighted by Gasteiger charge is -2.34. The molecule has 5 N–H and O–H groups in total. The third-order valence-corrected chi connectivity index (χ3v) is 11.3. The number of aliphatic hydroxyl groups excluding tert-OH is 3. The summed E-state index contributed by atoms with van der Waals surface area (Å²) >= 11 is 0. The summed E-state index contributed by atoms with van der Waals surface area (Å²) in [5.74, 6) is 2.14. The molecule has 0 unspecified atom stereocenters. The molecule has 3 aromatic carbocycles. The van der Waals surface area contributed by atoms with Crippen LogP contribution >= 0.6 is 48.0 Å². The lowest BCUT2D eigenvalue weighted by molar-refractivity contribution is 0.0675. The molecule has 6 atom stereocenters. The highest BCUT2D eigenvalue weighted by molar-refractivity contribution is 14.0. The van der Waals surface area contributed by atoms with Crippen LogP contribution in [0.25, 0.3) is 0 Å². The number of halogens is 3. The van der Waals surface area contributed by atoms with E-state index in [-0.39, 0.29) is 82.2 Å². The molecule has 3 aliphatic carbocycles. The summed E-state index contributed by atoms with van der Waals surface area (Å²) in [6, 6.07) is 20.1. The zero-order valence-corrected chi connectivity index (χ0v) is 38.5. The van der Waals surface area contributed by atoms with Crippen LogP contribution in [0.1, 0.15) is 118 Å². The van der Waals surface area contributed by atoms with Crippen molar-refractivity contribution >= 4 is 48.0 Å². The van der Waals surface area contributed by atoms with Gasteiger partial charge in [-0.15, -0.1) is 48.0 Å². The van der Waals surface area contributed by atoms with E-state index in [1.165, 1.54) is 31.7 Å². The lowest BCUT2D eigenvalue weighted by atomic mass is 9.95. The highest BCUT2D eigenvalue weighted by Crippen LogP contribution is 2.33. The van der Waals surface area contributed by atoms with Crippen molar-refractivity contribution in [3.8, 4) is 17.2 Å². The largest absolute Gasteiger partial charge is 0.490 e. The first-order valence-corrected chi connectivity index (χ1v) is 20.8. The average molecular weight is 1020 g/mol. The predicted molar refractivity (Wildman–Crippen MR) is 251 cm³/mol. The zero-order chi connectivity index (χ0) is 38.9. The van der Waals surface area contributed by atoms with E-state index in [4.69, 9.17) is 19.9 Å². The standard InChI is InChI=1S/C16H22FNO2.C15H22N2O2.C14H20O2.2HI.3H2/c1-11(10-18-7-2-8-18)16(19)12-3-6-15(14(17)9-12)20-13-4-5-13;16-14(10-17-8-1-9-17)15(18)11-2-4-12(5-3-11)19-13-6-7-13;1-3-10(2)14(15)11-4-6-12(7-5-11)16-13-8-9-13;;;;;/h3,6,9,11,13,16,19H,2,4-5,7-8,10H2,1H3;2-5,13-15,18H,1,6-10,16H2;4-7,10,13-15H,3,8-9H2,1-2H3;5*1H/t11-,16+;14-,15-;10-,14+;;;;;/m111...../s1. The van der Waals surface area contributed by atoms with Gasteiger partial charge in [-0.1, -0.05) is 57.5 Å². The van der Waals surface area contributed by atoms with Crippen LogP contribution in [-0.2, 0) is 0 Å². The molecule has 8 rings (SSSR count). The summed E-state index contributed by atoms with van der Waals surface area (Å²) in [5.41, 5.74) is 8.56. The van der Waals surface area contributed by atoms with E-state index in [0.29, 0.717) is 29.4 Å². The van der Waals surface area contributed by atoms with Crippen molar-refractivity contribution in [2.45, 2.75) is 121 Å². The second kappa shape index (κ2) is 23.3. The minimum absolute atomic E-state index is 0. The number of benzene rings is 3. The van der Waals surface area contributed by atoms with E-state index in [9.17, 15) is 19.7 Å². The Morgan fingerprint density at radius 3 is 1.47 bits per heavy atom. The van der Waals surface area contributed by atoms with Gasteiger partial charge in [-0.05, 0) is 142 Å². The first-order chi connectivity index (χ1) is 26.6. The molecule has 12 heteroatoms. The molecule has 2 heterocycles. The Labute approximate surface area is 378 Å². The summed E-state index contributed by atoms with van der Waals surface area (Å²) in [4.78, 5) is 4.59. The first-order valence-electron chi connectivity index (χ1n) is 20.8. The molecule has 2 saturated heterocycles. The van der Waals surface area contributed by atoms with Crippen LogP contribution < -0.4 is 19.9 Å². The Morgan fingerprint density at radius 2 is 1.05 bits per heavy atom. The maximum absolute atomic E-state index is 14.0. The van der Waals surface area contributed by atoms with Crippen LogP contribution in [0.2, 0.25) is 0 Å². The second-order valence-electron chi connectivity index (χ2n) is 16.4. The number of ether oxygens (including phenoxy) is 3. The minimum atomic E-state index is -0.625. The fourth-order valence-electron chi connectivity index (χ4n) is 6.57. The molecule has 0 spiro atoms. The van der Waals surface area contributed by atoms with Gasteiger partial charge in [0.05, 0.1) is 36.6 Å². The molecule has 0 radical (unpaired) electrons. The molecule has 5 fully saturated rings. The maximum Gasteiger partial charge on any atom is 0.165 e. The number of aliphatic hydroxyl groups is 3. The Kier molecular flexibility index (Phi) is 19.6. The smallest absolute Gasteiger partial charge is 0.165 e. The molecule has 0 amide bonds. The van der Waals surface area contributed by atoms with E-state index in [1.54, 1.807) is 12.1 Å². The van der Waals surface area contributed by atoms with Crippen LogP contribution in [0.15, 0.2) is 66.7 Å². The monoisotopic (exact) mass is 1020 g/mol. The molecule has 57 heavy (non-hydrogen) atoms. The molecule has 0 bridgehead atoms. The van der Waals surface area contributed by atoms with Crippen molar-refractivity contribution < 1.29 is 38.2 Å². The van der Waals surface area contributed by atoms with Crippen molar-refractivity contribution in [1.29, 1.82) is 0 Å². The molecular formula is C45H72FI2N3O6. The van der Waals surface area contributed by atoms with Crippen molar-refractivity contribution in [2.24, 2.45) is 17.6 Å². The van der Waals surface area contributed by atoms with Gasteiger partial charge in [-0.25, -0.2) is 4.39 Å². The van der Waals surface area contributed by atoms with Gasteiger partial charge in [0.25, 0.3) is 0 Å². The molecule has 2 aliphatic heterocycles. The van der Waals surface area contributed by atoms with Gasteiger partial charge in [-0.3, -0.25) is 0 Å². The van der Waals surface area contributed by atoms with E-state index in [0.717, 1.165) is 94.0 Å². The maximum atomic E-state index is 14.0. The summed E-state index contributed by atoms with van der Waals surface area (Å²) in [6.45, 7) is 12.2. The number of rotatable bonds is 17. The highest BCUT2D eigenvalue weighted by Gasteiger charge is 2.28. The normalized spacial score (nSPS) is 20.7. The van der Waals surface area contributed by atoms with E-state index in [1.807, 2.05) is 55.5 Å². The van der Waals surface area contributed by atoms with Crippen LogP contribution in [0.3, 0.4) is 0 Å². The number of hydrogen-bond donors (Lipinski definition) is 4. The van der Waals surface area contributed by atoms with Crippen LogP contribution in [0.4, 0.5) is 4.39 Å². The van der Waals surface area contributed by atoms with Crippen LogP contribution in [0.5, 0.6) is 17.2 Å². The molecule has 3 aromatic rings. The fourth-order valence-corrected chi connectivity index (χ4v) is 6.57. The number of likely N-dealkylation sites (tertiary alicyclic amines) is 2. The van der Waals surface area contributed by atoms with Crippen molar-refractivity contribution in [2.75, 3.05) is 39.3 Å². The van der Waals surface area contributed by atoms with Gasteiger partial charge < -0.3 is 45.1 Å². The SMILES string of the molecule is CC[C@@H](C)[C@H](O)c1ccc(OC2CC2)cc1.C[C@H](CN1CCC1)[C@H](O)c1ccc(OC2CC2)c(F)c1.I.I.N[C@H](CN1CCC1)[C@H](O)c1ccc(OC2CC2)cc1.[HH].[HH].[HH]. The summed E-state index contributed by atoms with van der Waals surface area (Å²) in [7, 11) is 0. The summed E-state index contributed by atoms with van der Waals surface area (Å²) in [5, 5.41) is 30.6. The predicted octanol–water partition coefficient (Wildman–Crippen LogP) is 9.32. The summed E-state index contributed by atoms with van der Waals surface area (Å²) < 4.78 is 30.8. The first kappa shape index (κ1) is 47.9. The van der Waals surface area contributed by atoms with Gasteiger partial charge in [0.1, 0.15) is 11.5 Å². The number of hydrogen-bond acceptors (Lipinski definition) is 9. The van der Waals surface area contributed by atoms with Gasteiger partial charge >= 0.3 is 0 Å². The Hall–Kier alpha value is -1.79. The zero-order valence-electron chi connectivity index (χ0n) is 33.9. The molecular weight excluding hydrogens is 951 g/mol. The summed E-state index contributed by atoms with van der Waals surface area (Å²) in [6.07, 6.45) is 9.61. The minimum Gasteiger partial charge on any atom is -0.490 e. The molecule has 3 saturated carbocycles. The third-order valence-electron chi connectivity index (χ3n) is 11.3. The Bertz CT molecular complexity index is 1620. The average Bonchev–Trinajstić information content (AvgIpc) is 4.01. The van der Waals surface area contributed by atoms with Crippen molar-refractivity contribution in [1.82, 2.24) is 9.80 Å². The van der Waals surface area contributed by atoms with Crippen LogP contribution in [0, 0.1) is 17.7 Å². The quantitative estimate of drug-likeness (QED) is 0.0982. The van der Waals surface area contributed by atoms with E-state index in [2.05, 4.69) is 23.6 Å². The topological polar surface area (TPSA) is 121 Å². The molecule has 5 aliphatic rings. The Morgan fingerprint density at radius 1 is 0.632 bits per heavy atom. The van der Waals surface area contributed by atoms with Gasteiger partial charge in [-0.2, -0.15) is 0 Å². The number of nitrogens with two attached hydrogens (primary N) is 1. The molecule has 0 aromatic heterocycles. The lowest BCUT2D eigenvalue weighted by Crippen LogP contribution is -2.47. The fraction of sp³-hybridized carbons (Fsp3) is 0.600. The van der Waals surface area contributed by atoms with Crippen LogP contribution in [-0.4, -0.2) is 88.7 Å². The van der Waals surface area contributed by atoms with Crippen molar-refractivity contribution in [3.05, 3.63) is 89.2 Å². The molecule has 9 nitrogen and oxygen atoms in total. The van der Waals surface area contributed by atoms with E-state index >= 15 is 0 Å². The van der Waals surface area contributed by atoms with Gasteiger partial charge in [0, 0.05) is 23.4 Å². The highest BCUT2D eigenvalue weighted by atomic mass is 127. The second-order valence-corrected chi connectivity index (χ2v) is 16.4. The van der Waals surface area contributed by atoms with Gasteiger partial charge in [0.2, 0.25) is 0 Å². The third kappa shape index (κ3) is 15.3. The number of nitrogens with zero attached hydrogens (tertiary/aromatic N) is 2. The Balaban J connectivity index is 0.000000435.